The quantitative estimate of drug-likeness (QED) is 0.375. The first-order valence-corrected chi connectivity index (χ1v) is 6.94. The largest absolute Gasteiger partial charge is 0.491 e. The Kier molecular flexibility index (Phi) is 9.27. The Bertz CT molecular complexity index is 287. The van der Waals surface area contributed by atoms with Crippen LogP contribution in [0, 0.1) is 0 Å². The van der Waals surface area contributed by atoms with Gasteiger partial charge in [-0.1, -0.05) is 25.3 Å². The van der Waals surface area contributed by atoms with Crippen LogP contribution in [0.3, 0.4) is 0 Å². The molecule has 1 atom stereocenters. The monoisotopic (exact) mass is 267 g/mol. The number of hydrogen-bond donors (Lipinski definition) is 1. The van der Waals surface area contributed by atoms with Gasteiger partial charge in [-0.05, 0) is 40.2 Å². The highest BCUT2D eigenvalue weighted by Crippen LogP contribution is 2.13. The van der Waals surface area contributed by atoms with Gasteiger partial charge in [-0.25, -0.2) is 0 Å². The molecule has 0 rings (SSSR count). The molecule has 0 heterocycles. The fourth-order valence-electron chi connectivity index (χ4n) is 2.05. The van der Waals surface area contributed by atoms with E-state index in [0.717, 1.165) is 6.54 Å². The number of aliphatic hydroxyl groups excluding tert-OH is 1. The average molecular weight is 267 g/mol. The third kappa shape index (κ3) is 7.19. The number of nitrogens with zero attached hydrogens (tertiary/aromatic N) is 1. The molecule has 0 aliphatic heterocycles. The molecule has 0 bridgehead atoms. The van der Waals surface area contributed by atoms with E-state index >= 15 is 0 Å². The SMILES string of the molecule is C=CC=C(OCC=C)C(O)CCN(C(C)C)C(C)C. The van der Waals surface area contributed by atoms with Gasteiger partial charge in [0.15, 0.2) is 0 Å². The zero-order chi connectivity index (χ0) is 14.8. The highest BCUT2D eigenvalue weighted by atomic mass is 16.5. The number of aliphatic hydroxyl groups is 1. The molecule has 19 heavy (non-hydrogen) atoms. The molecule has 0 aliphatic rings. The molecule has 3 nitrogen and oxygen atoms in total. The standard InChI is InChI=1S/C16H29NO2/c1-7-9-16(19-12-8-2)15(18)10-11-17(13(3)4)14(5)6/h7-9,13-15,18H,1-2,10-12H2,3-6H3. The number of hydrogen-bond acceptors (Lipinski definition) is 3. The number of rotatable bonds is 10. The molecule has 0 aromatic rings. The Morgan fingerprint density at radius 1 is 1.21 bits per heavy atom. The smallest absolute Gasteiger partial charge is 0.125 e. The predicted octanol–water partition coefficient (Wildman–Crippen LogP) is 3.13. The van der Waals surface area contributed by atoms with Crippen LogP contribution >= 0.6 is 0 Å². The first kappa shape index (κ1) is 17.9. The van der Waals surface area contributed by atoms with Crippen LogP contribution in [0.25, 0.3) is 0 Å². The Morgan fingerprint density at radius 2 is 1.79 bits per heavy atom. The van der Waals surface area contributed by atoms with Crippen molar-refractivity contribution < 1.29 is 9.84 Å². The molecular weight excluding hydrogens is 238 g/mol. The minimum atomic E-state index is -0.599. The zero-order valence-electron chi connectivity index (χ0n) is 12.8. The molecule has 0 spiro atoms. The molecule has 0 aromatic carbocycles. The minimum absolute atomic E-state index is 0.398. The first-order chi connectivity index (χ1) is 8.93. The maximum atomic E-state index is 10.2. The first-order valence-electron chi connectivity index (χ1n) is 6.94. The van der Waals surface area contributed by atoms with Crippen molar-refractivity contribution in [2.75, 3.05) is 13.2 Å². The van der Waals surface area contributed by atoms with Gasteiger partial charge in [-0.3, -0.25) is 4.90 Å². The van der Waals surface area contributed by atoms with Gasteiger partial charge in [0, 0.05) is 18.6 Å². The summed E-state index contributed by atoms with van der Waals surface area (Å²) < 4.78 is 5.45. The fourth-order valence-corrected chi connectivity index (χ4v) is 2.05. The number of ether oxygens (including phenoxy) is 1. The molecule has 1 N–H and O–H groups in total. The van der Waals surface area contributed by atoms with Crippen molar-refractivity contribution in [3.05, 3.63) is 37.1 Å². The fraction of sp³-hybridized carbons (Fsp3) is 0.625. The van der Waals surface area contributed by atoms with Gasteiger partial charge < -0.3 is 9.84 Å². The van der Waals surface area contributed by atoms with E-state index < -0.39 is 6.10 Å². The second kappa shape index (κ2) is 9.82. The van der Waals surface area contributed by atoms with Crippen LogP contribution in [0.4, 0.5) is 0 Å². The summed E-state index contributed by atoms with van der Waals surface area (Å²) in [4.78, 5) is 2.35. The summed E-state index contributed by atoms with van der Waals surface area (Å²) in [6.45, 7) is 17.1. The van der Waals surface area contributed by atoms with E-state index in [1.54, 1.807) is 18.2 Å². The average Bonchev–Trinajstić information content (AvgIpc) is 2.33. The number of allylic oxidation sites excluding steroid dienone is 2. The molecule has 0 amide bonds. The molecule has 1 unspecified atom stereocenters. The second-order valence-electron chi connectivity index (χ2n) is 5.13. The summed E-state index contributed by atoms with van der Waals surface area (Å²) in [5.74, 6) is 0.558. The van der Waals surface area contributed by atoms with Crippen LogP contribution in [0.5, 0.6) is 0 Å². The van der Waals surface area contributed by atoms with Gasteiger partial charge in [-0.2, -0.15) is 0 Å². The zero-order valence-corrected chi connectivity index (χ0v) is 12.8. The van der Waals surface area contributed by atoms with E-state index in [2.05, 4.69) is 45.8 Å². The molecule has 0 radical (unpaired) electrons. The maximum Gasteiger partial charge on any atom is 0.125 e. The van der Waals surface area contributed by atoms with E-state index in [0.29, 0.717) is 30.9 Å². The van der Waals surface area contributed by atoms with Crippen LogP contribution in [0.2, 0.25) is 0 Å². The van der Waals surface area contributed by atoms with E-state index in [-0.39, 0.29) is 0 Å². The van der Waals surface area contributed by atoms with Crippen molar-refractivity contribution in [3.8, 4) is 0 Å². The van der Waals surface area contributed by atoms with E-state index in [1.165, 1.54) is 0 Å². The van der Waals surface area contributed by atoms with Crippen molar-refractivity contribution in [1.29, 1.82) is 0 Å². The van der Waals surface area contributed by atoms with Crippen LogP contribution in [0.15, 0.2) is 37.1 Å². The molecular formula is C16H29NO2. The molecule has 0 fully saturated rings. The Balaban J connectivity index is 4.46. The van der Waals surface area contributed by atoms with Gasteiger partial charge in [0.2, 0.25) is 0 Å². The summed E-state index contributed by atoms with van der Waals surface area (Å²) in [6.07, 6.45) is 5.05. The van der Waals surface area contributed by atoms with Crippen LogP contribution < -0.4 is 0 Å². The molecule has 0 saturated heterocycles. The van der Waals surface area contributed by atoms with Crippen molar-refractivity contribution in [1.82, 2.24) is 4.90 Å². The van der Waals surface area contributed by atoms with E-state index in [1.807, 2.05) is 0 Å². The van der Waals surface area contributed by atoms with Crippen molar-refractivity contribution in [2.24, 2.45) is 0 Å². The molecule has 3 heteroatoms. The van der Waals surface area contributed by atoms with Gasteiger partial charge in [0.05, 0.1) is 0 Å². The third-order valence-corrected chi connectivity index (χ3v) is 2.97. The highest BCUT2D eigenvalue weighted by Gasteiger charge is 2.17. The predicted molar refractivity (Wildman–Crippen MR) is 82.0 cm³/mol. The van der Waals surface area contributed by atoms with Gasteiger partial charge in [-0.15, -0.1) is 0 Å². The summed E-state index contributed by atoms with van der Waals surface area (Å²) in [5, 5.41) is 10.2. The Hall–Kier alpha value is -1.06. The minimum Gasteiger partial charge on any atom is -0.491 e. The summed E-state index contributed by atoms with van der Waals surface area (Å²) in [6, 6.07) is 0.932. The summed E-state index contributed by atoms with van der Waals surface area (Å²) in [5.41, 5.74) is 0. The van der Waals surface area contributed by atoms with E-state index in [4.69, 9.17) is 4.74 Å². The van der Waals surface area contributed by atoms with E-state index in [9.17, 15) is 5.11 Å². The van der Waals surface area contributed by atoms with Gasteiger partial charge in [0.1, 0.15) is 18.5 Å². The summed E-state index contributed by atoms with van der Waals surface area (Å²) in [7, 11) is 0. The molecule has 0 saturated carbocycles. The molecule has 0 aliphatic carbocycles. The van der Waals surface area contributed by atoms with Crippen molar-refractivity contribution in [2.45, 2.75) is 52.3 Å². The summed E-state index contributed by atoms with van der Waals surface area (Å²) >= 11 is 0. The van der Waals surface area contributed by atoms with Gasteiger partial charge in [0.25, 0.3) is 0 Å². The van der Waals surface area contributed by atoms with Crippen molar-refractivity contribution >= 4 is 0 Å². The van der Waals surface area contributed by atoms with Gasteiger partial charge >= 0.3 is 0 Å². The Labute approximate surface area is 118 Å². The van der Waals surface area contributed by atoms with Crippen LogP contribution in [-0.2, 0) is 4.74 Å². The maximum absolute atomic E-state index is 10.2. The molecule has 0 aromatic heterocycles. The lowest BCUT2D eigenvalue weighted by atomic mass is 10.1. The third-order valence-electron chi connectivity index (χ3n) is 2.97. The lowest BCUT2D eigenvalue weighted by Crippen LogP contribution is -2.39. The molecule has 110 valence electrons. The van der Waals surface area contributed by atoms with Crippen LogP contribution in [-0.4, -0.2) is 41.3 Å². The lowest BCUT2D eigenvalue weighted by Gasteiger charge is -2.31. The van der Waals surface area contributed by atoms with Crippen molar-refractivity contribution in [3.63, 3.8) is 0 Å². The second-order valence-corrected chi connectivity index (χ2v) is 5.13. The highest BCUT2D eigenvalue weighted by molar-refractivity contribution is 5.09. The topological polar surface area (TPSA) is 32.7 Å². The Morgan fingerprint density at radius 3 is 2.21 bits per heavy atom. The lowest BCUT2D eigenvalue weighted by molar-refractivity contribution is 0.0847. The normalized spacial score (nSPS) is 14.0. The van der Waals surface area contributed by atoms with Crippen LogP contribution in [0.1, 0.15) is 34.1 Å².